The van der Waals surface area contributed by atoms with Gasteiger partial charge >= 0.3 is 5.97 Å². The number of carbonyl (C=O) groups is 1. The molecule has 5 heteroatoms. The maximum Gasteiger partial charge on any atom is 0.340 e. The van der Waals surface area contributed by atoms with Gasteiger partial charge in [0, 0.05) is 22.2 Å². The Bertz CT molecular complexity index is 992. The number of carbonyl (C=O) groups excluding carboxylic acids is 1. The molecule has 0 aliphatic heterocycles. The van der Waals surface area contributed by atoms with Crippen molar-refractivity contribution in [2.24, 2.45) is 0 Å². The third-order valence-corrected chi connectivity index (χ3v) is 4.51. The van der Waals surface area contributed by atoms with Gasteiger partial charge in [0.15, 0.2) is 5.88 Å². The van der Waals surface area contributed by atoms with Crippen molar-refractivity contribution in [3.8, 4) is 5.88 Å². The topological polar surface area (TPSA) is 78.1 Å². The Morgan fingerprint density at radius 1 is 1.29 bits per heavy atom. The number of nitrogens with one attached hydrogen (secondary N) is 2. The van der Waals surface area contributed by atoms with Gasteiger partial charge in [0.2, 0.25) is 0 Å². The van der Waals surface area contributed by atoms with Crippen LogP contribution in [0.5, 0.6) is 5.88 Å². The SMILES string of the molecule is CCOC(=O)c1c(C)[nH]c2c1CC=C2c1c(O)[nH]c2ccccc12. The lowest BCUT2D eigenvalue weighted by atomic mass is 10.0. The molecule has 1 aromatic carbocycles. The number of aromatic nitrogens is 2. The van der Waals surface area contributed by atoms with Gasteiger partial charge in [-0.15, -0.1) is 0 Å². The molecular formula is C19H18N2O3. The molecule has 1 aliphatic carbocycles. The molecule has 0 fully saturated rings. The van der Waals surface area contributed by atoms with Crippen LogP contribution in [0.15, 0.2) is 30.3 Å². The summed E-state index contributed by atoms with van der Waals surface area (Å²) in [7, 11) is 0. The fourth-order valence-electron chi connectivity index (χ4n) is 3.52. The molecule has 0 radical (unpaired) electrons. The normalized spacial score (nSPS) is 13.2. The molecule has 2 heterocycles. The van der Waals surface area contributed by atoms with Gasteiger partial charge in [0.05, 0.1) is 23.4 Å². The van der Waals surface area contributed by atoms with Gasteiger partial charge in [0.1, 0.15) is 0 Å². The molecule has 5 nitrogen and oxygen atoms in total. The van der Waals surface area contributed by atoms with Crippen molar-refractivity contribution in [3.63, 3.8) is 0 Å². The summed E-state index contributed by atoms with van der Waals surface area (Å²) in [5.74, 6) is -0.162. The highest BCUT2D eigenvalue weighted by molar-refractivity contribution is 6.03. The highest BCUT2D eigenvalue weighted by Gasteiger charge is 2.29. The van der Waals surface area contributed by atoms with E-state index in [2.05, 4.69) is 9.97 Å². The third kappa shape index (κ3) is 1.98. The lowest BCUT2D eigenvalue weighted by Gasteiger charge is -2.03. The molecule has 0 unspecified atom stereocenters. The summed E-state index contributed by atoms with van der Waals surface area (Å²) >= 11 is 0. The third-order valence-electron chi connectivity index (χ3n) is 4.51. The molecule has 0 atom stereocenters. The van der Waals surface area contributed by atoms with Gasteiger partial charge in [-0.25, -0.2) is 4.79 Å². The van der Waals surface area contributed by atoms with E-state index in [4.69, 9.17) is 4.74 Å². The Hall–Kier alpha value is -2.95. The zero-order valence-electron chi connectivity index (χ0n) is 13.6. The van der Waals surface area contributed by atoms with E-state index in [0.717, 1.165) is 39.0 Å². The van der Waals surface area contributed by atoms with Crippen LogP contribution in [0.25, 0.3) is 16.5 Å². The molecule has 0 amide bonds. The van der Waals surface area contributed by atoms with Crippen LogP contribution in [0, 0.1) is 6.92 Å². The Morgan fingerprint density at radius 3 is 2.88 bits per heavy atom. The van der Waals surface area contributed by atoms with Crippen LogP contribution in [0.4, 0.5) is 0 Å². The number of hydrogen-bond acceptors (Lipinski definition) is 3. The molecule has 0 saturated heterocycles. The van der Waals surface area contributed by atoms with Crippen LogP contribution < -0.4 is 0 Å². The van der Waals surface area contributed by atoms with Gasteiger partial charge in [0.25, 0.3) is 0 Å². The van der Waals surface area contributed by atoms with E-state index < -0.39 is 0 Å². The van der Waals surface area contributed by atoms with Crippen molar-refractivity contribution in [2.45, 2.75) is 20.3 Å². The van der Waals surface area contributed by atoms with Crippen LogP contribution in [0.3, 0.4) is 0 Å². The van der Waals surface area contributed by atoms with E-state index in [-0.39, 0.29) is 11.8 Å². The predicted octanol–water partition coefficient (Wildman–Crippen LogP) is 3.67. The molecule has 1 aliphatic rings. The minimum absolute atomic E-state index is 0.139. The molecular weight excluding hydrogens is 304 g/mol. The maximum absolute atomic E-state index is 12.2. The summed E-state index contributed by atoms with van der Waals surface area (Å²) in [6.07, 6.45) is 2.68. The second-order valence-corrected chi connectivity index (χ2v) is 5.92. The number of rotatable bonds is 3. The second kappa shape index (κ2) is 5.30. The second-order valence-electron chi connectivity index (χ2n) is 5.92. The Labute approximate surface area is 139 Å². The van der Waals surface area contributed by atoms with E-state index in [1.54, 1.807) is 6.92 Å². The number of aryl methyl sites for hydroxylation is 1. The van der Waals surface area contributed by atoms with E-state index >= 15 is 0 Å². The minimum atomic E-state index is -0.301. The van der Waals surface area contributed by atoms with E-state index in [9.17, 15) is 9.90 Å². The standard InChI is InChI=1S/C19H18N2O3/c1-3-24-19(23)15-10(2)20-17-12(15)8-9-13(17)16-11-6-4-5-7-14(11)21-18(16)22/h4-7,9,20-22H,3,8H2,1-2H3. The Morgan fingerprint density at radius 2 is 2.08 bits per heavy atom. The van der Waals surface area contributed by atoms with Gasteiger partial charge < -0.3 is 19.8 Å². The fraction of sp³-hybridized carbons (Fsp3) is 0.211. The van der Waals surface area contributed by atoms with E-state index in [1.165, 1.54) is 0 Å². The number of esters is 1. The number of hydrogen-bond donors (Lipinski definition) is 3. The van der Waals surface area contributed by atoms with Crippen molar-refractivity contribution in [1.82, 2.24) is 9.97 Å². The van der Waals surface area contributed by atoms with Crippen LogP contribution in [0.1, 0.15) is 39.8 Å². The number of aromatic hydroxyl groups is 1. The number of allylic oxidation sites excluding steroid dienone is 1. The minimum Gasteiger partial charge on any atom is -0.494 e. The summed E-state index contributed by atoms with van der Waals surface area (Å²) in [5, 5.41) is 11.3. The summed E-state index contributed by atoms with van der Waals surface area (Å²) in [6.45, 7) is 4.02. The van der Waals surface area contributed by atoms with Crippen LogP contribution in [-0.2, 0) is 11.2 Å². The molecule has 0 spiro atoms. The predicted molar refractivity (Wildman–Crippen MR) is 92.2 cm³/mol. The van der Waals surface area contributed by atoms with Crippen molar-refractivity contribution in [1.29, 1.82) is 0 Å². The van der Waals surface area contributed by atoms with Crippen LogP contribution >= 0.6 is 0 Å². The van der Waals surface area contributed by atoms with Crippen molar-refractivity contribution in [2.75, 3.05) is 6.61 Å². The van der Waals surface area contributed by atoms with Gasteiger partial charge in [-0.3, -0.25) is 0 Å². The van der Waals surface area contributed by atoms with Crippen LogP contribution in [0.2, 0.25) is 0 Å². The molecule has 24 heavy (non-hydrogen) atoms. The fourth-order valence-corrected chi connectivity index (χ4v) is 3.52. The van der Waals surface area contributed by atoms with Gasteiger partial charge in [-0.05, 0) is 31.9 Å². The zero-order valence-corrected chi connectivity index (χ0v) is 13.6. The van der Waals surface area contributed by atoms with Crippen molar-refractivity contribution in [3.05, 3.63) is 58.4 Å². The van der Waals surface area contributed by atoms with Crippen molar-refractivity contribution >= 4 is 22.4 Å². The van der Waals surface area contributed by atoms with Crippen molar-refractivity contribution < 1.29 is 14.6 Å². The number of para-hydroxylation sites is 1. The molecule has 3 N–H and O–H groups in total. The highest BCUT2D eigenvalue weighted by atomic mass is 16.5. The molecule has 3 aromatic rings. The monoisotopic (exact) mass is 322 g/mol. The van der Waals surface area contributed by atoms with Crippen LogP contribution in [-0.4, -0.2) is 27.7 Å². The molecule has 0 bridgehead atoms. The molecule has 4 rings (SSSR count). The lowest BCUT2D eigenvalue weighted by Crippen LogP contribution is -2.07. The smallest absolute Gasteiger partial charge is 0.340 e. The Kier molecular flexibility index (Phi) is 3.23. The highest BCUT2D eigenvalue weighted by Crippen LogP contribution is 2.42. The average molecular weight is 322 g/mol. The van der Waals surface area contributed by atoms with Gasteiger partial charge in [-0.2, -0.15) is 0 Å². The average Bonchev–Trinajstić information content (AvgIpc) is 3.17. The molecule has 2 aromatic heterocycles. The molecule has 0 saturated carbocycles. The van der Waals surface area contributed by atoms with E-state index in [1.807, 2.05) is 37.3 Å². The zero-order chi connectivity index (χ0) is 16.8. The first kappa shape index (κ1) is 14.6. The lowest BCUT2D eigenvalue weighted by molar-refractivity contribution is 0.0524. The summed E-state index contributed by atoms with van der Waals surface area (Å²) in [4.78, 5) is 18.5. The Balaban J connectivity index is 1.86. The molecule has 122 valence electrons. The summed E-state index contributed by atoms with van der Waals surface area (Å²) in [5.41, 5.74) is 5.79. The quantitative estimate of drug-likeness (QED) is 0.644. The number of aromatic amines is 2. The first-order valence-corrected chi connectivity index (χ1v) is 8.01. The summed E-state index contributed by atoms with van der Waals surface area (Å²) in [6, 6.07) is 7.77. The largest absolute Gasteiger partial charge is 0.494 e. The number of fused-ring (bicyclic) bond motifs is 2. The van der Waals surface area contributed by atoms with Gasteiger partial charge in [-0.1, -0.05) is 24.3 Å². The summed E-state index contributed by atoms with van der Waals surface area (Å²) < 4.78 is 5.17. The number of H-pyrrole nitrogens is 2. The number of benzene rings is 1. The number of ether oxygens (including phenoxy) is 1. The van der Waals surface area contributed by atoms with E-state index in [0.29, 0.717) is 18.6 Å². The first-order valence-electron chi connectivity index (χ1n) is 8.01. The first-order chi connectivity index (χ1) is 11.6. The maximum atomic E-state index is 12.2.